The highest BCUT2D eigenvalue weighted by Crippen LogP contribution is 2.35. The Bertz CT molecular complexity index is 555. The first kappa shape index (κ1) is 17.2. The fourth-order valence-corrected chi connectivity index (χ4v) is 3.90. The molecule has 5 nitrogen and oxygen atoms in total. The zero-order valence-electron chi connectivity index (χ0n) is 14.8. The van der Waals surface area contributed by atoms with E-state index in [1.165, 1.54) is 11.1 Å². The number of piperidine rings is 1. The van der Waals surface area contributed by atoms with Gasteiger partial charge in [-0.2, -0.15) is 0 Å². The van der Waals surface area contributed by atoms with Gasteiger partial charge in [-0.05, 0) is 36.3 Å². The van der Waals surface area contributed by atoms with Gasteiger partial charge in [0.15, 0.2) is 0 Å². The van der Waals surface area contributed by atoms with Gasteiger partial charge in [0, 0.05) is 33.3 Å². The number of nitrogens with one attached hydrogen (secondary N) is 2. The first-order chi connectivity index (χ1) is 11.7. The average molecular weight is 331 g/mol. The van der Waals surface area contributed by atoms with E-state index in [4.69, 9.17) is 4.74 Å². The Hall–Kier alpha value is -1.59. The van der Waals surface area contributed by atoms with Crippen LogP contribution in [0.5, 0.6) is 0 Å². The zero-order chi connectivity index (χ0) is 16.9. The van der Waals surface area contributed by atoms with E-state index in [9.17, 15) is 4.79 Å². The molecular weight excluding hydrogens is 302 g/mol. The van der Waals surface area contributed by atoms with Gasteiger partial charge in [-0.15, -0.1) is 0 Å². The molecule has 1 fully saturated rings. The van der Waals surface area contributed by atoms with Crippen molar-refractivity contribution in [2.45, 2.75) is 38.3 Å². The fourth-order valence-electron chi connectivity index (χ4n) is 3.90. The highest BCUT2D eigenvalue weighted by atomic mass is 16.5. The molecule has 1 aliphatic heterocycles. The Morgan fingerprint density at radius 3 is 2.79 bits per heavy atom. The number of likely N-dealkylation sites (tertiary alicyclic amines) is 1. The molecule has 2 atom stereocenters. The minimum absolute atomic E-state index is 0.0599. The first-order valence-electron chi connectivity index (χ1n) is 9.04. The lowest BCUT2D eigenvalue weighted by Gasteiger charge is -2.31. The fraction of sp³-hybridized carbons (Fsp3) is 0.632. The van der Waals surface area contributed by atoms with Gasteiger partial charge in [-0.1, -0.05) is 31.2 Å². The topological polar surface area (TPSA) is 53.6 Å². The summed E-state index contributed by atoms with van der Waals surface area (Å²) >= 11 is 0. The Morgan fingerprint density at radius 2 is 2.04 bits per heavy atom. The maximum Gasteiger partial charge on any atom is 0.315 e. The first-order valence-corrected chi connectivity index (χ1v) is 9.04. The lowest BCUT2D eigenvalue weighted by atomic mass is 10.0. The molecule has 2 amide bonds. The minimum atomic E-state index is -0.0599. The van der Waals surface area contributed by atoms with E-state index in [1.807, 2.05) is 6.07 Å². The number of amides is 2. The van der Waals surface area contributed by atoms with E-state index in [1.54, 1.807) is 7.11 Å². The molecule has 2 aliphatic rings. The molecule has 1 saturated heterocycles. The van der Waals surface area contributed by atoms with E-state index in [0.29, 0.717) is 18.6 Å². The summed E-state index contributed by atoms with van der Waals surface area (Å²) < 4.78 is 5.39. The van der Waals surface area contributed by atoms with Crippen molar-refractivity contribution in [3.8, 4) is 0 Å². The van der Waals surface area contributed by atoms with Gasteiger partial charge in [-0.3, -0.25) is 0 Å². The molecule has 5 heteroatoms. The third kappa shape index (κ3) is 4.08. The molecule has 1 aromatic rings. The molecule has 0 radical (unpaired) electrons. The molecule has 1 heterocycles. The Balaban J connectivity index is 1.40. The molecule has 2 N–H and O–H groups in total. The molecule has 0 bridgehead atoms. The van der Waals surface area contributed by atoms with Crippen molar-refractivity contribution in [1.29, 1.82) is 0 Å². The summed E-state index contributed by atoms with van der Waals surface area (Å²) in [7, 11) is 1.79. The van der Waals surface area contributed by atoms with Crippen LogP contribution >= 0.6 is 0 Å². The summed E-state index contributed by atoms with van der Waals surface area (Å²) in [5, 5.41) is 6.16. The summed E-state index contributed by atoms with van der Waals surface area (Å²) in [6.07, 6.45) is 3.61. The molecule has 1 aliphatic carbocycles. The second kappa shape index (κ2) is 7.99. The average Bonchev–Trinajstić information content (AvgIpc) is 2.91. The highest BCUT2D eigenvalue weighted by Gasteiger charge is 2.30. The van der Waals surface area contributed by atoms with Crippen LogP contribution in [0.15, 0.2) is 24.3 Å². The number of ether oxygens (including phenoxy) is 1. The van der Waals surface area contributed by atoms with Crippen molar-refractivity contribution in [3.63, 3.8) is 0 Å². The number of benzene rings is 1. The smallest absolute Gasteiger partial charge is 0.315 e. The number of carbonyl (C=O) groups excluding carboxylic acids is 1. The summed E-state index contributed by atoms with van der Waals surface area (Å²) in [4.78, 5) is 14.6. The lowest BCUT2D eigenvalue weighted by Crippen LogP contribution is -2.44. The van der Waals surface area contributed by atoms with Crippen molar-refractivity contribution < 1.29 is 9.53 Å². The van der Waals surface area contributed by atoms with Crippen LogP contribution in [0.4, 0.5) is 4.79 Å². The highest BCUT2D eigenvalue weighted by molar-refractivity contribution is 5.74. The molecule has 2 unspecified atom stereocenters. The van der Waals surface area contributed by atoms with Crippen LogP contribution in [0.3, 0.4) is 0 Å². The van der Waals surface area contributed by atoms with Crippen molar-refractivity contribution in [2.24, 2.45) is 5.92 Å². The number of hydrogen-bond donors (Lipinski definition) is 2. The van der Waals surface area contributed by atoms with Gasteiger partial charge in [0.05, 0.1) is 12.1 Å². The molecular formula is C19H29N3O2. The van der Waals surface area contributed by atoms with Crippen LogP contribution in [-0.4, -0.2) is 50.3 Å². The number of methoxy groups -OCH3 is 1. The number of fused-ring (bicyclic) bond motifs is 1. The number of nitrogens with zero attached hydrogens (tertiary/aromatic N) is 1. The van der Waals surface area contributed by atoms with Gasteiger partial charge >= 0.3 is 6.03 Å². The van der Waals surface area contributed by atoms with Crippen molar-refractivity contribution in [1.82, 2.24) is 15.5 Å². The molecule has 0 saturated carbocycles. The van der Waals surface area contributed by atoms with Gasteiger partial charge in [0.25, 0.3) is 0 Å². The quantitative estimate of drug-likeness (QED) is 0.871. The van der Waals surface area contributed by atoms with Crippen LogP contribution in [0.25, 0.3) is 0 Å². The molecule has 0 aromatic heterocycles. The predicted molar refractivity (Wildman–Crippen MR) is 95.1 cm³/mol. The van der Waals surface area contributed by atoms with Crippen molar-refractivity contribution >= 4 is 6.03 Å². The minimum Gasteiger partial charge on any atom is -0.381 e. The van der Waals surface area contributed by atoms with Crippen LogP contribution < -0.4 is 10.6 Å². The zero-order valence-corrected chi connectivity index (χ0v) is 14.8. The van der Waals surface area contributed by atoms with Crippen LogP contribution in [0.2, 0.25) is 0 Å². The van der Waals surface area contributed by atoms with Crippen LogP contribution in [0, 0.1) is 5.92 Å². The van der Waals surface area contributed by atoms with E-state index >= 15 is 0 Å². The summed E-state index contributed by atoms with van der Waals surface area (Å²) in [5.41, 5.74) is 2.62. The second-order valence-electron chi connectivity index (χ2n) is 7.03. The molecule has 132 valence electrons. The molecule has 24 heavy (non-hydrogen) atoms. The summed E-state index contributed by atoms with van der Waals surface area (Å²) in [6.45, 7) is 5.89. The maximum absolute atomic E-state index is 12.2. The Labute approximate surface area is 144 Å². The summed E-state index contributed by atoms with van der Waals surface area (Å²) in [6, 6.07) is 8.47. The van der Waals surface area contributed by atoms with Gasteiger partial charge < -0.3 is 20.3 Å². The number of hydrogen-bond acceptors (Lipinski definition) is 3. The monoisotopic (exact) mass is 331 g/mol. The SMILES string of the molecule is COC1CCN(CCNC(=O)NC2c3ccccc3CC2C)CC1. The number of urea groups is 1. The number of rotatable bonds is 5. The van der Waals surface area contributed by atoms with Gasteiger partial charge in [0.1, 0.15) is 0 Å². The van der Waals surface area contributed by atoms with E-state index in [2.05, 4.69) is 40.7 Å². The maximum atomic E-state index is 12.2. The Morgan fingerprint density at radius 1 is 1.29 bits per heavy atom. The lowest BCUT2D eigenvalue weighted by molar-refractivity contribution is 0.0416. The standard InChI is InChI=1S/C19H29N3O2/c1-14-13-15-5-3-4-6-17(15)18(14)21-19(23)20-9-12-22-10-7-16(24-2)8-11-22/h3-6,14,16,18H,7-13H2,1-2H3,(H2,20,21,23). The largest absolute Gasteiger partial charge is 0.381 e. The number of carbonyl (C=O) groups is 1. The van der Waals surface area contributed by atoms with Crippen LogP contribution in [0.1, 0.15) is 36.9 Å². The van der Waals surface area contributed by atoms with E-state index in [-0.39, 0.29) is 12.1 Å². The summed E-state index contributed by atoms with van der Waals surface area (Å²) in [5.74, 6) is 0.446. The van der Waals surface area contributed by atoms with Gasteiger partial charge in [0.2, 0.25) is 0 Å². The normalized spacial score (nSPS) is 24.6. The van der Waals surface area contributed by atoms with E-state index < -0.39 is 0 Å². The third-order valence-electron chi connectivity index (χ3n) is 5.37. The van der Waals surface area contributed by atoms with Crippen molar-refractivity contribution in [3.05, 3.63) is 35.4 Å². The molecule has 1 aromatic carbocycles. The third-order valence-corrected chi connectivity index (χ3v) is 5.37. The van der Waals surface area contributed by atoms with Crippen LogP contribution in [-0.2, 0) is 11.2 Å². The molecule has 3 rings (SSSR count). The molecule has 0 spiro atoms. The second-order valence-corrected chi connectivity index (χ2v) is 7.03. The van der Waals surface area contributed by atoms with Crippen molar-refractivity contribution in [2.75, 3.05) is 33.3 Å². The Kier molecular flexibility index (Phi) is 5.74. The van der Waals surface area contributed by atoms with E-state index in [0.717, 1.165) is 38.9 Å². The van der Waals surface area contributed by atoms with Gasteiger partial charge in [-0.25, -0.2) is 4.79 Å². The predicted octanol–water partition coefficient (Wildman–Crippen LogP) is 2.33.